The van der Waals surface area contributed by atoms with Gasteiger partial charge < -0.3 is 29.2 Å². The molecule has 0 fully saturated rings. The van der Waals surface area contributed by atoms with E-state index < -0.39 is 6.10 Å². The van der Waals surface area contributed by atoms with Crippen molar-refractivity contribution < 1.29 is 34.0 Å². The van der Waals surface area contributed by atoms with Gasteiger partial charge in [0.1, 0.15) is 28.9 Å². The van der Waals surface area contributed by atoms with Crippen molar-refractivity contribution in [3.8, 4) is 34.5 Å². The minimum Gasteiger partial charge on any atom is -0.507 e. The third-order valence-electron chi connectivity index (χ3n) is 4.11. The number of Topliss-reactive ketones (excluding diaryl/α,β-unsaturated/α-hetero) is 1. The lowest BCUT2D eigenvalue weighted by molar-refractivity contribution is 0.0837. The van der Waals surface area contributed by atoms with Crippen LogP contribution in [0.4, 0.5) is 0 Å². The Balaban J connectivity index is 2.11. The lowest BCUT2D eigenvalue weighted by Crippen LogP contribution is -2.21. The van der Waals surface area contributed by atoms with E-state index in [0.29, 0.717) is 11.3 Å². The van der Waals surface area contributed by atoms with Gasteiger partial charge in [-0.2, -0.15) is 0 Å². The SMILES string of the molecule is COc1cc2c(c(O)c1OC)C(=O)CC(c1c(O)cccc1OC)O2. The first-order valence-electron chi connectivity index (χ1n) is 7.55. The summed E-state index contributed by atoms with van der Waals surface area (Å²) in [7, 11) is 4.25. The van der Waals surface area contributed by atoms with Crippen LogP contribution in [0.15, 0.2) is 24.3 Å². The zero-order valence-corrected chi connectivity index (χ0v) is 14.0. The predicted octanol–water partition coefficient (Wildman–Crippen LogP) is 2.83. The number of methoxy groups -OCH3 is 3. The zero-order chi connectivity index (χ0) is 18.1. The van der Waals surface area contributed by atoms with Gasteiger partial charge in [0.25, 0.3) is 0 Å². The van der Waals surface area contributed by atoms with E-state index in [9.17, 15) is 15.0 Å². The van der Waals surface area contributed by atoms with Crippen LogP contribution in [0.2, 0.25) is 0 Å². The molecule has 7 heteroatoms. The number of phenolic OH excluding ortho intramolecular Hbond substituents is 2. The molecule has 0 aliphatic carbocycles. The molecule has 1 aliphatic rings. The van der Waals surface area contributed by atoms with Crippen LogP contribution >= 0.6 is 0 Å². The molecule has 1 heterocycles. The lowest BCUT2D eigenvalue weighted by Gasteiger charge is -2.28. The lowest BCUT2D eigenvalue weighted by atomic mass is 9.94. The zero-order valence-electron chi connectivity index (χ0n) is 14.0. The molecule has 2 aromatic rings. The predicted molar refractivity (Wildman–Crippen MR) is 88.2 cm³/mol. The minimum atomic E-state index is -0.756. The molecule has 25 heavy (non-hydrogen) atoms. The quantitative estimate of drug-likeness (QED) is 0.879. The van der Waals surface area contributed by atoms with Crippen molar-refractivity contribution in [2.24, 2.45) is 0 Å². The molecule has 0 spiro atoms. The molecular weight excluding hydrogens is 328 g/mol. The molecule has 0 radical (unpaired) electrons. The highest BCUT2D eigenvalue weighted by Crippen LogP contribution is 2.50. The van der Waals surface area contributed by atoms with Gasteiger partial charge >= 0.3 is 0 Å². The van der Waals surface area contributed by atoms with Crippen molar-refractivity contribution in [1.82, 2.24) is 0 Å². The Kier molecular flexibility index (Phi) is 4.31. The molecule has 0 saturated carbocycles. The van der Waals surface area contributed by atoms with E-state index in [2.05, 4.69) is 0 Å². The molecule has 0 bridgehead atoms. The maximum atomic E-state index is 12.6. The molecule has 2 aromatic carbocycles. The number of ether oxygens (including phenoxy) is 4. The minimum absolute atomic E-state index is 0.0308. The molecular formula is C18H18O7. The number of carbonyl (C=O) groups excluding carboxylic acids is 1. The summed E-state index contributed by atoms with van der Waals surface area (Å²) in [6, 6.07) is 6.28. The highest BCUT2D eigenvalue weighted by Gasteiger charge is 2.35. The summed E-state index contributed by atoms with van der Waals surface area (Å²) in [5, 5.41) is 20.5. The van der Waals surface area contributed by atoms with Crippen molar-refractivity contribution in [3.05, 3.63) is 35.4 Å². The van der Waals surface area contributed by atoms with E-state index in [1.165, 1.54) is 33.5 Å². The Morgan fingerprint density at radius 1 is 1.08 bits per heavy atom. The first-order valence-corrected chi connectivity index (χ1v) is 7.55. The van der Waals surface area contributed by atoms with E-state index in [1.54, 1.807) is 12.1 Å². The Labute approximate surface area is 144 Å². The topological polar surface area (TPSA) is 94.5 Å². The van der Waals surface area contributed by atoms with Crippen molar-refractivity contribution in [3.63, 3.8) is 0 Å². The van der Waals surface area contributed by atoms with Gasteiger partial charge in [-0.1, -0.05) is 6.07 Å². The molecule has 1 unspecified atom stereocenters. The van der Waals surface area contributed by atoms with E-state index in [-0.39, 0.29) is 46.5 Å². The van der Waals surface area contributed by atoms with Crippen LogP contribution in [0.3, 0.4) is 0 Å². The second-order valence-corrected chi connectivity index (χ2v) is 5.46. The van der Waals surface area contributed by atoms with Gasteiger partial charge in [-0.05, 0) is 12.1 Å². The van der Waals surface area contributed by atoms with Crippen LogP contribution in [0.5, 0.6) is 34.5 Å². The standard InChI is InChI=1S/C18H18O7/c1-22-11-6-4-5-9(19)15(11)12-7-10(20)16-13(25-12)8-14(23-2)18(24-3)17(16)21/h4-6,8,12,19,21H,7H2,1-3H3. The molecule has 0 saturated heterocycles. The molecule has 2 N–H and O–H groups in total. The monoisotopic (exact) mass is 346 g/mol. The fourth-order valence-electron chi connectivity index (χ4n) is 2.98. The second-order valence-electron chi connectivity index (χ2n) is 5.46. The maximum Gasteiger partial charge on any atom is 0.204 e. The maximum absolute atomic E-state index is 12.6. The van der Waals surface area contributed by atoms with Crippen molar-refractivity contribution >= 4 is 5.78 Å². The molecule has 7 nitrogen and oxygen atoms in total. The number of phenols is 2. The van der Waals surface area contributed by atoms with Crippen LogP contribution in [0.25, 0.3) is 0 Å². The fourth-order valence-corrected chi connectivity index (χ4v) is 2.98. The van der Waals surface area contributed by atoms with E-state index in [1.807, 2.05) is 0 Å². The summed E-state index contributed by atoms with van der Waals surface area (Å²) in [4.78, 5) is 12.6. The second kappa shape index (κ2) is 6.43. The van der Waals surface area contributed by atoms with Crippen LogP contribution in [-0.2, 0) is 0 Å². The van der Waals surface area contributed by atoms with Gasteiger partial charge in [0.05, 0.1) is 33.3 Å². The fraction of sp³-hybridized carbons (Fsp3) is 0.278. The van der Waals surface area contributed by atoms with Gasteiger partial charge in [0.2, 0.25) is 5.75 Å². The number of hydrogen-bond acceptors (Lipinski definition) is 7. The van der Waals surface area contributed by atoms with E-state index >= 15 is 0 Å². The molecule has 0 amide bonds. The summed E-state index contributed by atoms with van der Waals surface area (Å²) >= 11 is 0. The number of fused-ring (bicyclic) bond motifs is 1. The van der Waals surface area contributed by atoms with Gasteiger partial charge in [0, 0.05) is 6.07 Å². The smallest absolute Gasteiger partial charge is 0.204 e. The number of benzene rings is 2. The molecule has 1 aliphatic heterocycles. The largest absolute Gasteiger partial charge is 0.507 e. The van der Waals surface area contributed by atoms with Crippen molar-refractivity contribution in [1.29, 1.82) is 0 Å². The number of ketones is 1. The summed E-state index contributed by atoms with van der Waals surface area (Å²) in [6.07, 6.45) is -0.821. The van der Waals surface area contributed by atoms with E-state index in [4.69, 9.17) is 18.9 Å². The average molecular weight is 346 g/mol. The average Bonchev–Trinajstić information content (AvgIpc) is 2.60. The number of hydrogen-bond donors (Lipinski definition) is 2. The number of carbonyl (C=O) groups is 1. The van der Waals surface area contributed by atoms with Crippen molar-refractivity contribution in [2.45, 2.75) is 12.5 Å². The molecule has 3 rings (SSSR count). The van der Waals surface area contributed by atoms with Crippen LogP contribution in [-0.4, -0.2) is 37.3 Å². The Bertz CT molecular complexity index is 829. The highest BCUT2D eigenvalue weighted by atomic mass is 16.5. The normalized spacial score (nSPS) is 16.0. The Morgan fingerprint density at radius 2 is 1.80 bits per heavy atom. The summed E-state index contributed by atoms with van der Waals surface area (Å²) in [5.74, 6) is 0.158. The van der Waals surface area contributed by atoms with Crippen molar-refractivity contribution in [2.75, 3.05) is 21.3 Å². The van der Waals surface area contributed by atoms with Gasteiger partial charge in [-0.25, -0.2) is 0 Å². The number of aromatic hydroxyl groups is 2. The molecule has 1 atom stereocenters. The van der Waals surface area contributed by atoms with Gasteiger partial charge in [-0.15, -0.1) is 0 Å². The summed E-state index contributed by atoms with van der Waals surface area (Å²) in [5.41, 5.74) is 0.404. The van der Waals surface area contributed by atoms with Gasteiger partial charge in [-0.3, -0.25) is 4.79 Å². The Morgan fingerprint density at radius 3 is 2.44 bits per heavy atom. The highest BCUT2D eigenvalue weighted by molar-refractivity contribution is 6.03. The Hall–Kier alpha value is -3.09. The van der Waals surface area contributed by atoms with Crippen LogP contribution in [0, 0.1) is 0 Å². The van der Waals surface area contributed by atoms with Gasteiger partial charge in [0.15, 0.2) is 17.3 Å². The molecule has 0 aromatic heterocycles. The third-order valence-corrected chi connectivity index (χ3v) is 4.11. The first kappa shape index (κ1) is 16.8. The number of rotatable bonds is 4. The van der Waals surface area contributed by atoms with E-state index in [0.717, 1.165) is 0 Å². The van der Waals surface area contributed by atoms with Crippen LogP contribution in [0.1, 0.15) is 28.4 Å². The molecule has 132 valence electrons. The first-order chi connectivity index (χ1) is 12.0. The summed E-state index contributed by atoms with van der Waals surface area (Å²) in [6.45, 7) is 0. The van der Waals surface area contributed by atoms with Crippen LogP contribution < -0.4 is 18.9 Å². The third kappa shape index (κ3) is 2.67. The summed E-state index contributed by atoms with van der Waals surface area (Å²) < 4.78 is 21.4.